The molecule has 2 aliphatic heterocycles. The maximum Gasteiger partial charge on any atom is 0.254 e. The summed E-state index contributed by atoms with van der Waals surface area (Å²) in [5, 5.41) is 10.1. The molecular weight excluding hydrogens is 372 g/mol. The third kappa shape index (κ3) is 3.48. The van der Waals surface area contributed by atoms with E-state index in [1.807, 2.05) is 11.0 Å². The van der Waals surface area contributed by atoms with Crippen LogP contribution in [0.25, 0.3) is 0 Å². The fourth-order valence-electron chi connectivity index (χ4n) is 4.76. The summed E-state index contributed by atoms with van der Waals surface area (Å²) in [6, 6.07) is 26.9. The van der Waals surface area contributed by atoms with Crippen molar-refractivity contribution in [1.29, 1.82) is 0 Å². The predicted octanol–water partition coefficient (Wildman–Crippen LogP) is 4.25. The molecule has 0 spiro atoms. The minimum absolute atomic E-state index is 0.0528. The number of phenols is 1. The lowest BCUT2D eigenvalue weighted by Gasteiger charge is -2.44. The number of benzene rings is 3. The minimum atomic E-state index is 0.0528. The van der Waals surface area contributed by atoms with Gasteiger partial charge in [0.1, 0.15) is 5.75 Å². The number of phenolic OH excluding ortho intramolecular Hbond substituents is 1. The van der Waals surface area contributed by atoms with Crippen molar-refractivity contribution in [3.05, 3.63) is 101 Å². The molecule has 1 amide bonds. The molecule has 0 atom stereocenters. The van der Waals surface area contributed by atoms with Crippen LogP contribution in [-0.2, 0) is 6.54 Å². The van der Waals surface area contributed by atoms with Gasteiger partial charge in [-0.25, -0.2) is 0 Å². The summed E-state index contributed by atoms with van der Waals surface area (Å²) in [6.07, 6.45) is 1.05. The average Bonchev–Trinajstić information content (AvgIpc) is 3.09. The summed E-state index contributed by atoms with van der Waals surface area (Å²) in [4.78, 5) is 17.1. The number of rotatable bonds is 6. The van der Waals surface area contributed by atoms with Gasteiger partial charge in [-0.3, -0.25) is 9.69 Å². The van der Waals surface area contributed by atoms with E-state index in [2.05, 4.69) is 65.6 Å². The highest BCUT2D eigenvalue weighted by molar-refractivity contribution is 5.99. The second-order valence-electron chi connectivity index (χ2n) is 8.31. The van der Waals surface area contributed by atoms with E-state index < -0.39 is 0 Å². The SMILES string of the molecule is O=C1c2cccc(O)c2CN1C1CN(CCC(c2ccccc2)c2ccccc2)C1. The Hall–Kier alpha value is -3.11. The van der Waals surface area contributed by atoms with Gasteiger partial charge in [0.05, 0.1) is 12.6 Å². The monoisotopic (exact) mass is 398 g/mol. The highest BCUT2D eigenvalue weighted by Gasteiger charge is 2.39. The summed E-state index contributed by atoms with van der Waals surface area (Å²) in [6.45, 7) is 3.33. The number of hydrogen-bond donors (Lipinski definition) is 1. The van der Waals surface area contributed by atoms with Crippen molar-refractivity contribution < 1.29 is 9.90 Å². The van der Waals surface area contributed by atoms with Crippen LogP contribution in [0.5, 0.6) is 5.75 Å². The maximum atomic E-state index is 12.7. The molecule has 1 fully saturated rings. The van der Waals surface area contributed by atoms with Crippen molar-refractivity contribution in [2.75, 3.05) is 19.6 Å². The second kappa shape index (κ2) is 7.96. The molecular formula is C26H26N2O2. The van der Waals surface area contributed by atoms with E-state index in [0.29, 0.717) is 18.0 Å². The summed E-state index contributed by atoms with van der Waals surface area (Å²) >= 11 is 0. The summed E-state index contributed by atoms with van der Waals surface area (Å²) in [5.74, 6) is 0.658. The Kier molecular flexibility index (Phi) is 5.01. The Morgan fingerprint density at radius 1 is 0.867 bits per heavy atom. The van der Waals surface area contributed by atoms with Gasteiger partial charge in [0.15, 0.2) is 0 Å². The van der Waals surface area contributed by atoms with E-state index in [-0.39, 0.29) is 17.7 Å². The number of nitrogens with zero attached hydrogens (tertiary/aromatic N) is 2. The van der Waals surface area contributed by atoms with Crippen molar-refractivity contribution in [2.24, 2.45) is 0 Å². The summed E-state index contributed by atoms with van der Waals surface area (Å²) < 4.78 is 0. The maximum absolute atomic E-state index is 12.7. The third-order valence-electron chi connectivity index (χ3n) is 6.49. The lowest BCUT2D eigenvalue weighted by Crippen LogP contribution is -2.59. The van der Waals surface area contributed by atoms with Gasteiger partial charge in [0, 0.05) is 30.1 Å². The van der Waals surface area contributed by atoms with Crippen LogP contribution in [0, 0.1) is 0 Å². The number of carbonyl (C=O) groups excluding carboxylic acids is 1. The first kappa shape index (κ1) is 18.9. The number of likely N-dealkylation sites (tertiary alicyclic amines) is 1. The molecule has 2 heterocycles. The zero-order valence-corrected chi connectivity index (χ0v) is 16.9. The van der Waals surface area contributed by atoms with Crippen molar-refractivity contribution in [3.8, 4) is 5.75 Å². The normalized spacial score (nSPS) is 16.7. The van der Waals surface area contributed by atoms with Crippen LogP contribution < -0.4 is 0 Å². The Labute approximate surface area is 177 Å². The van der Waals surface area contributed by atoms with Gasteiger partial charge in [-0.2, -0.15) is 0 Å². The topological polar surface area (TPSA) is 43.8 Å². The van der Waals surface area contributed by atoms with E-state index in [4.69, 9.17) is 0 Å². The molecule has 3 aromatic rings. The lowest BCUT2D eigenvalue weighted by atomic mass is 9.88. The number of carbonyl (C=O) groups is 1. The Morgan fingerprint density at radius 2 is 1.50 bits per heavy atom. The van der Waals surface area contributed by atoms with Crippen molar-refractivity contribution in [3.63, 3.8) is 0 Å². The number of hydrogen-bond acceptors (Lipinski definition) is 3. The fraction of sp³-hybridized carbons (Fsp3) is 0.269. The van der Waals surface area contributed by atoms with Crippen LogP contribution in [0.15, 0.2) is 78.9 Å². The number of aromatic hydroxyl groups is 1. The quantitative estimate of drug-likeness (QED) is 0.675. The highest BCUT2D eigenvalue weighted by Crippen LogP contribution is 2.34. The smallest absolute Gasteiger partial charge is 0.254 e. The molecule has 1 N–H and O–H groups in total. The van der Waals surface area contributed by atoms with Crippen LogP contribution in [0.4, 0.5) is 0 Å². The molecule has 4 heteroatoms. The lowest BCUT2D eigenvalue weighted by molar-refractivity contribution is 0.0278. The predicted molar refractivity (Wildman–Crippen MR) is 118 cm³/mol. The molecule has 0 bridgehead atoms. The largest absolute Gasteiger partial charge is 0.508 e. The van der Waals surface area contributed by atoms with E-state index in [1.165, 1.54) is 11.1 Å². The third-order valence-corrected chi connectivity index (χ3v) is 6.49. The number of fused-ring (bicyclic) bond motifs is 1. The molecule has 0 unspecified atom stereocenters. The standard InChI is InChI=1S/C26H26N2O2/c29-25-13-7-12-23-24(25)18-28(26(23)30)21-16-27(17-21)15-14-22(19-8-3-1-4-9-19)20-10-5-2-6-11-20/h1-13,21-22,29H,14-18H2. The molecule has 3 aromatic carbocycles. The molecule has 30 heavy (non-hydrogen) atoms. The second-order valence-corrected chi connectivity index (χ2v) is 8.31. The van der Waals surface area contributed by atoms with E-state index in [1.54, 1.807) is 12.1 Å². The first-order chi connectivity index (χ1) is 14.7. The van der Waals surface area contributed by atoms with Crippen LogP contribution in [0.1, 0.15) is 39.4 Å². The van der Waals surface area contributed by atoms with Crippen molar-refractivity contribution in [2.45, 2.75) is 24.9 Å². The van der Waals surface area contributed by atoms with E-state index in [9.17, 15) is 9.90 Å². The zero-order valence-electron chi connectivity index (χ0n) is 16.9. The molecule has 2 aliphatic rings. The van der Waals surface area contributed by atoms with Gasteiger partial charge in [-0.1, -0.05) is 66.7 Å². The Morgan fingerprint density at radius 3 is 2.10 bits per heavy atom. The van der Waals surface area contributed by atoms with Gasteiger partial charge >= 0.3 is 0 Å². The van der Waals surface area contributed by atoms with Crippen molar-refractivity contribution >= 4 is 5.91 Å². The highest BCUT2D eigenvalue weighted by atomic mass is 16.3. The Bertz CT molecular complexity index is 990. The van der Waals surface area contributed by atoms with Gasteiger partial charge in [0.25, 0.3) is 5.91 Å². The summed E-state index contributed by atoms with van der Waals surface area (Å²) in [5.41, 5.74) is 4.12. The van der Waals surface area contributed by atoms with Gasteiger partial charge in [-0.15, -0.1) is 0 Å². The van der Waals surface area contributed by atoms with Crippen LogP contribution >= 0.6 is 0 Å². The first-order valence-electron chi connectivity index (χ1n) is 10.6. The molecule has 152 valence electrons. The minimum Gasteiger partial charge on any atom is -0.508 e. The molecule has 0 aromatic heterocycles. The molecule has 0 aliphatic carbocycles. The fourth-order valence-corrected chi connectivity index (χ4v) is 4.76. The van der Waals surface area contributed by atoms with Gasteiger partial charge in [0.2, 0.25) is 0 Å². The van der Waals surface area contributed by atoms with Crippen LogP contribution in [0.3, 0.4) is 0 Å². The van der Waals surface area contributed by atoms with Crippen LogP contribution in [-0.4, -0.2) is 46.5 Å². The van der Waals surface area contributed by atoms with Crippen molar-refractivity contribution in [1.82, 2.24) is 9.80 Å². The number of amides is 1. The molecule has 4 nitrogen and oxygen atoms in total. The molecule has 5 rings (SSSR count). The van der Waals surface area contributed by atoms with E-state index >= 15 is 0 Å². The van der Waals surface area contributed by atoms with Gasteiger partial charge < -0.3 is 10.0 Å². The Balaban J connectivity index is 1.21. The molecule has 0 saturated carbocycles. The van der Waals surface area contributed by atoms with E-state index in [0.717, 1.165) is 31.6 Å². The van der Waals surface area contributed by atoms with Crippen LogP contribution in [0.2, 0.25) is 0 Å². The zero-order chi connectivity index (χ0) is 20.5. The first-order valence-corrected chi connectivity index (χ1v) is 10.6. The van der Waals surface area contributed by atoms with Gasteiger partial charge in [-0.05, 0) is 36.2 Å². The summed E-state index contributed by atoms with van der Waals surface area (Å²) in [7, 11) is 0. The molecule has 0 radical (unpaired) electrons. The average molecular weight is 399 g/mol. The molecule has 1 saturated heterocycles.